The van der Waals surface area contributed by atoms with Crippen LogP contribution in [0.1, 0.15) is 77.6 Å². The van der Waals surface area contributed by atoms with E-state index >= 15 is 0 Å². The fraction of sp³-hybridized carbons (Fsp3) is 0.882. The molecule has 2 aliphatic carbocycles. The Kier molecular flexibility index (Phi) is 5.57. The molecule has 0 heterocycles. The van der Waals surface area contributed by atoms with E-state index in [1.165, 1.54) is 12.8 Å². The first kappa shape index (κ1) is 15.9. The van der Waals surface area contributed by atoms with Crippen LogP contribution >= 0.6 is 0 Å². The van der Waals surface area contributed by atoms with Crippen molar-refractivity contribution in [1.82, 2.24) is 0 Å². The molecule has 0 bridgehead atoms. The van der Waals surface area contributed by atoms with E-state index in [0.29, 0.717) is 12.8 Å². The van der Waals surface area contributed by atoms with E-state index in [-0.39, 0.29) is 5.92 Å². The van der Waals surface area contributed by atoms with Crippen LogP contribution in [-0.2, 0) is 0 Å². The van der Waals surface area contributed by atoms with E-state index in [0.717, 1.165) is 50.9 Å². The minimum atomic E-state index is -2.07. The summed E-state index contributed by atoms with van der Waals surface area (Å²) in [6.07, 6.45) is 8.53. The highest BCUT2D eigenvalue weighted by molar-refractivity contribution is 5.12. The zero-order chi connectivity index (χ0) is 14.6. The molecule has 0 spiro atoms. The second-order valence-corrected chi connectivity index (χ2v) is 6.80. The van der Waals surface area contributed by atoms with Crippen molar-refractivity contribution in [1.29, 1.82) is 0 Å². The Morgan fingerprint density at radius 3 is 2.05 bits per heavy atom. The lowest BCUT2D eigenvalue weighted by molar-refractivity contribution is 0.0586. The molecule has 0 aromatic heterocycles. The maximum absolute atomic E-state index is 14.2. The van der Waals surface area contributed by atoms with Gasteiger partial charge in [-0.1, -0.05) is 51.9 Å². The Hall–Kier alpha value is -0.470. The molecule has 0 nitrogen and oxygen atoms in total. The van der Waals surface area contributed by atoms with Gasteiger partial charge in [0.2, 0.25) is 0 Å². The quantitative estimate of drug-likeness (QED) is 0.545. The molecular weight excluding hydrogens is 261 g/mol. The summed E-state index contributed by atoms with van der Waals surface area (Å²) in [7, 11) is 0. The lowest BCUT2D eigenvalue weighted by Gasteiger charge is -2.45. The van der Waals surface area contributed by atoms with Crippen LogP contribution in [0.4, 0.5) is 13.2 Å². The third-order valence-electron chi connectivity index (χ3n) is 5.67. The molecular formula is C17H27F3. The number of allylic oxidation sites excluding steroid dienone is 1. The van der Waals surface area contributed by atoms with Crippen molar-refractivity contribution < 1.29 is 13.2 Å². The summed E-state index contributed by atoms with van der Waals surface area (Å²) in [4.78, 5) is 0. The Morgan fingerprint density at radius 2 is 1.55 bits per heavy atom. The SMILES string of the molecule is CCCC1CCC(C2(C(F)=C(F)F)CCCCC2)CC1. The molecule has 116 valence electrons. The van der Waals surface area contributed by atoms with Crippen molar-refractivity contribution >= 4 is 0 Å². The fourth-order valence-corrected chi connectivity index (χ4v) is 4.59. The molecule has 0 aromatic carbocycles. The molecule has 20 heavy (non-hydrogen) atoms. The first-order chi connectivity index (χ1) is 9.60. The van der Waals surface area contributed by atoms with Crippen LogP contribution < -0.4 is 0 Å². The maximum Gasteiger partial charge on any atom is 0.302 e. The molecule has 2 saturated carbocycles. The third-order valence-corrected chi connectivity index (χ3v) is 5.67. The van der Waals surface area contributed by atoms with Crippen molar-refractivity contribution in [2.45, 2.75) is 77.6 Å². The molecule has 0 N–H and O–H groups in total. The summed E-state index contributed by atoms with van der Waals surface area (Å²) in [5.74, 6) is -0.201. The van der Waals surface area contributed by atoms with Crippen molar-refractivity contribution in [2.75, 3.05) is 0 Å². The number of hydrogen-bond donors (Lipinski definition) is 0. The molecule has 2 fully saturated rings. The summed E-state index contributed by atoms with van der Waals surface area (Å²) in [5, 5.41) is 0. The monoisotopic (exact) mass is 288 g/mol. The maximum atomic E-state index is 14.2. The first-order valence-electron chi connectivity index (χ1n) is 8.31. The van der Waals surface area contributed by atoms with Gasteiger partial charge >= 0.3 is 6.08 Å². The molecule has 0 atom stereocenters. The molecule has 2 aliphatic rings. The highest BCUT2D eigenvalue weighted by atomic mass is 19.3. The normalized spacial score (nSPS) is 30.0. The smallest absolute Gasteiger partial charge is 0.205 e. The van der Waals surface area contributed by atoms with Crippen LogP contribution in [0.25, 0.3) is 0 Å². The molecule has 2 rings (SSSR count). The Morgan fingerprint density at radius 1 is 0.950 bits per heavy atom. The van der Waals surface area contributed by atoms with Gasteiger partial charge in [0, 0.05) is 5.41 Å². The molecule has 3 heteroatoms. The van der Waals surface area contributed by atoms with Crippen LogP contribution in [-0.4, -0.2) is 0 Å². The zero-order valence-electron chi connectivity index (χ0n) is 12.6. The van der Waals surface area contributed by atoms with Crippen LogP contribution in [0.2, 0.25) is 0 Å². The van der Waals surface area contributed by atoms with Gasteiger partial charge in [0.1, 0.15) is 0 Å². The van der Waals surface area contributed by atoms with Gasteiger partial charge in [-0.3, -0.25) is 0 Å². The third kappa shape index (κ3) is 3.23. The lowest BCUT2D eigenvalue weighted by atomic mass is 9.60. The van der Waals surface area contributed by atoms with Crippen molar-refractivity contribution in [3.63, 3.8) is 0 Å². The lowest BCUT2D eigenvalue weighted by Crippen LogP contribution is -2.36. The van der Waals surface area contributed by atoms with Gasteiger partial charge < -0.3 is 0 Å². The van der Waals surface area contributed by atoms with E-state index < -0.39 is 17.3 Å². The fourth-order valence-electron chi connectivity index (χ4n) is 4.59. The molecule has 0 aromatic rings. The molecule has 0 aliphatic heterocycles. The second-order valence-electron chi connectivity index (χ2n) is 6.80. The Labute approximate surface area is 120 Å². The van der Waals surface area contributed by atoms with E-state index in [1.54, 1.807) is 0 Å². The van der Waals surface area contributed by atoms with E-state index in [1.807, 2.05) is 0 Å². The van der Waals surface area contributed by atoms with Gasteiger partial charge in [0.25, 0.3) is 0 Å². The zero-order valence-corrected chi connectivity index (χ0v) is 12.6. The van der Waals surface area contributed by atoms with Gasteiger partial charge in [0.15, 0.2) is 5.83 Å². The predicted molar refractivity (Wildman–Crippen MR) is 76.2 cm³/mol. The van der Waals surface area contributed by atoms with Crippen LogP contribution in [0.5, 0.6) is 0 Å². The minimum absolute atomic E-state index is 0.136. The predicted octanol–water partition coefficient (Wildman–Crippen LogP) is 6.62. The van der Waals surface area contributed by atoms with Crippen molar-refractivity contribution in [3.8, 4) is 0 Å². The highest BCUT2D eigenvalue weighted by Crippen LogP contribution is 2.55. The van der Waals surface area contributed by atoms with Crippen LogP contribution in [0, 0.1) is 17.3 Å². The summed E-state index contributed by atoms with van der Waals surface area (Å²) in [6.45, 7) is 2.19. The molecule has 0 saturated heterocycles. The Balaban J connectivity index is 2.11. The first-order valence-corrected chi connectivity index (χ1v) is 8.31. The van der Waals surface area contributed by atoms with Gasteiger partial charge in [-0.25, -0.2) is 4.39 Å². The average molecular weight is 288 g/mol. The number of hydrogen-bond acceptors (Lipinski definition) is 0. The van der Waals surface area contributed by atoms with Crippen LogP contribution in [0.3, 0.4) is 0 Å². The summed E-state index contributed by atoms with van der Waals surface area (Å²) < 4.78 is 40.1. The molecule has 0 amide bonds. The van der Waals surface area contributed by atoms with Gasteiger partial charge in [-0.2, -0.15) is 8.78 Å². The second kappa shape index (κ2) is 7.00. The topological polar surface area (TPSA) is 0 Å². The van der Waals surface area contributed by atoms with E-state index in [4.69, 9.17) is 0 Å². The van der Waals surface area contributed by atoms with E-state index in [2.05, 4.69) is 6.92 Å². The standard InChI is InChI=1S/C17H27F3/c1-2-6-13-7-9-14(10-8-13)17(15(18)16(19)20)11-4-3-5-12-17/h13-14H,2-12H2,1H3. The van der Waals surface area contributed by atoms with Crippen molar-refractivity contribution in [2.24, 2.45) is 17.3 Å². The summed E-state index contributed by atoms with van der Waals surface area (Å²) in [5.41, 5.74) is -0.825. The number of halogens is 3. The van der Waals surface area contributed by atoms with E-state index in [9.17, 15) is 13.2 Å². The van der Waals surface area contributed by atoms with Gasteiger partial charge in [-0.15, -0.1) is 0 Å². The molecule has 0 radical (unpaired) electrons. The van der Waals surface area contributed by atoms with Gasteiger partial charge in [-0.05, 0) is 37.5 Å². The number of rotatable bonds is 4. The summed E-state index contributed by atoms with van der Waals surface area (Å²) >= 11 is 0. The van der Waals surface area contributed by atoms with Crippen molar-refractivity contribution in [3.05, 3.63) is 11.9 Å². The highest BCUT2D eigenvalue weighted by Gasteiger charge is 2.46. The molecule has 0 unspecified atom stereocenters. The summed E-state index contributed by atoms with van der Waals surface area (Å²) in [6, 6.07) is 0. The largest absolute Gasteiger partial charge is 0.302 e. The Bertz CT molecular complexity index is 330. The van der Waals surface area contributed by atoms with Crippen LogP contribution in [0.15, 0.2) is 11.9 Å². The minimum Gasteiger partial charge on any atom is -0.205 e. The van der Waals surface area contributed by atoms with Gasteiger partial charge in [0.05, 0.1) is 0 Å². The average Bonchev–Trinajstić information content (AvgIpc) is 2.48.